The summed E-state index contributed by atoms with van der Waals surface area (Å²) in [5.41, 5.74) is 0. The Labute approximate surface area is 99.7 Å². The van der Waals surface area contributed by atoms with Crippen LogP contribution in [0.2, 0.25) is 0 Å². The van der Waals surface area contributed by atoms with Crippen LogP contribution in [-0.4, -0.2) is 37.1 Å². The number of hydrogen-bond acceptors (Lipinski definition) is 4. The van der Waals surface area contributed by atoms with Crippen LogP contribution in [0, 0.1) is 0 Å². The second-order valence-electron chi connectivity index (χ2n) is 4.32. The molecular weight excluding hydrogens is 216 g/mol. The molecule has 6 nitrogen and oxygen atoms in total. The van der Waals surface area contributed by atoms with Gasteiger partial charge in [-0.1, -0.05) is 0 Å². The monoisotopic (exact) mass is 232 g/mol. The first-order valence-electron chi connectivity index (χ1n) is 5.99. The quantitative estimate of drug-likeness (QED) is 0.811. The van der Waals surface area contributed by atoms with Crippen LogP contribution in [0.1, 0.15) is 12.2 Å². The zero-order valence-corrected chi connectivity index (χ0v) is 9.66. The van der Waals surface area contributed by atoms with E-state index in [0.29, 0.717) is 6.04 Å². The van der Waals surface area contributed by atoms with Gasteiger partial charge in [-0.05, 0) is 12.5 Å². The minimum atomic E-state index is 0.500. The Morgan fingerprint density at radius 3 is 3.29 bits per heavy atom. The van der Waals surface area contributed by atoms with Gasteiger partial charge in [0.25, 0.3) is 0 Å². The molecule has 2 aromatic heterocycles. The highest BCUT2D eigenvalue weighted by molar-refractivity contribution is 4.92. The summed E-state index contributed by atoms with van der Waals surface area (Å²) in [4.78, 5) is 4.22. The molecule has 0 bridgehead atoms. The van der Waals surface area contributed by atoms with E-state index < -0.39 is 0 Å². The third kappa shape index (κ3) is 2.36. The second kappa shape index (κ2) is 4.67. The first-order valence-corrected chi connectivity index (χ1v) is 5.99. The molecule has 6 heteroatoms. The maximum atomic E-state index is 4.22. The first kappa shape index (κ1) is 10.5. The predicted octanol–water partition coefficient (Wildman–Crippen LogP) is 0.0792. The molecule has 2 aromatic rings. The lowest BCUT2D eigenvalue weighted by Crippen LogP contribution is -2.39. The maximum absolute atomic E-state index is 4.22. The first-order chi connectivity index (χ1) is 8.42. The fourth-order valence-electron chi connectivity index (χ4n) is 2.22. The van der Waals surface area contributed by atoms with Gasteiger partial charge in [0.15, 0.2) is 0 Å². The van der Waals surface area contributed by atoms with Gasteiger partial charge in [0.2, 0.25) is 0 Å². The summed E-state index contributed by atoms with van der Waals surface area (Å²) in [6.45, 7) is 2.78. The zero-order chi connectivity index (χ0) is 11.5. The molecule has 3 heterocycles. The van der Waals surface area contributed by atoms with Crippen molar-refractivity contribution in [2.24, 2.45) is 0 Å². The lowest BCUT2D eigenvalue weighted by Gasteiger charge is -2.23. The normalized spacial score (nSPS) is 19.2. The molecule has 0 aromatic carbocycles. The van der Waals surface area contributed by atoms with E-state index in [1.807, 2.05) is 27.8 Å². The van der Waals surface area contributed by atoms with E-state index in [1.54, 1.807) is 6.33 Å². The Morgan fingerprint density at radius 2 is 2.41 bits per heavy atom. The summed E-state index contributed by atoms with van der Waals surface area (Å²) in [7, 11) is 0. The summed E-state index contributed by atoms with van der Waals surface area (Å²) in [5.74, 6) is 1.11. The molecule has 0 saturated carbocycles. The van der Waals surface area contributed by atoms with Crippen molar-refractivity contribution in [3.8, 4) is 0 Å². The number of nitrogens with zero attached hydrogens (tertiary/aromatic N) is 5. The molecule has 90 valence electrons. The minimum absolute atomic E-state index is 0.500. The van der Waals surface area contributed by atoms with Crippen LogP contribution in [0.25, 0.3) is 0 Å². The van der Waals surface area contributed by atoms with E-state index in [9.17, 15) is 0 Å². The molecule has 0 unspecified atom stereocenters. The van der Waals surface area contributed by atoms with E-state index in [1.165, 1.54) is 0 Å². The Balaban J connectivity index is 1.48. The van der Waals surface area contributed by atoms with Crippen LogP contribution < -0.4 is 5.32 Å². The molecule has 3 rings (SSSR count). The fraction of sp³-hybridized carbons (Fsp3) is 0.545. The molecule has 0 fully saturated rings. The van der Waals surface area contributed by atoms with Crippen LogP contribution in [-0.2, 0) is 19.5 Å². The maximum Gasteiger partial charge on any atom is 0.138 e. The van der Waals surface area contributed by atoms with Gasteiger partial charge in [-0.25, -0.2) is 9.67 Å². The predicted molar refractivity (Wildman–Crippen MR) is 62.4 cm³/mol. The van der Waals surface area contributed by atoms with Gasteiger partial charge in [0.1, 0.15) is 12.2 Å². The molecular formula is C11H16N6. The third-order valence-corrected chi connectivity index (χ3v) is 3.14. The highest BCUT2D eigenvalue weighted by atomic mass is 15.3. The standard InChI is InChI=1S/C11H16N6/c1-4-14-16(6-1)7-5-12-10-2-3-11-13-9-15-17(11)8-10/h1,4,6,9-10,12H,2-3,5,7-8H2/t10-/m0/s1. The molecule has 1 N–H and O–H groups in total. The molecule has 0 radical (unpaired) electrons. The van der Waals surface area contributed by atoms with Gasteiger partial charge >= 0.3 is 0 Å². The molecule has 0 saturated heterocycles. The van der Waals surface area contributed by atoms with Gasteiger partial charge in [-0.15, -0.1) is 0 Å². The molecule has 1 aliphatic heterocycles. The van der Waals surface area contributed by atoms with Crippen molar-refractivity contribution in [1.29, 1.82) is 0 Å². The van der Waals surface area contributed by atoms with Crippen LogP contribution in [0.5, 0.6) is 0 Å². The molecule has 0 amide bonds. The summed E-state index contributed by atoms with van der Waals surface area (Å²) >= 11 is 0. The summed E-state index contributed by atoms with van der Waals surface area (Å²) in [6.07, 6.45) is 7.58. The average Bonchev–Trinajstić information content (AvgIpc) is 2.98. The van der Waals surface area contributed by atoms with Crippen molar-refractivity contribution in [3.05, 3.63) is 30.6 Å². The summed E-state index contributed by atoms with van der Waals surface area (Å²) in [6, 6.07) is 2.45. The topological polar surface area (TPSA) is 60.6 Å². The largest absolute Gasteiger partial charge is 0.310 e. The van der Waals surface area contributed by atoms with Crippen LogP contribution in [0.3, 0.4) is 0 Å². The average molecular weight is 232 g/mol. The molecule has 17 heavy (non-hydrogen) atoms. The third-order valence-electron chi connectivity index (χ3n) is 3.14. The Kier molecular flexibility index (Phi) is 2.87. The lowest BCUT2D eigenvalue weighted by atomic mass is 10.1. The van der Waals surface area contributed by atoms with Crippen molar-refractivity contribution in [1.82, 2.24) is 29.9 Å². The Morgan fingerprint density at radius 1 is 1.41 bits per heavy atom. The van der Waals surface area contributed by atoms with Crippen LogP contribution in [0.4, 0.5) is 0 Å². The highest BCUT2D eigenvalue weighted by Gasteiger charge is 2.18. The van der Waals surface area contributed by atoms with Crippen LogP contribution in [0.15, 0.2) is 24.8 Å². The minimum Gasteiger partial charge on any atom is -0.310 e. The molecule has 0 aliphatic carbocycles. The van der Waals surface area contributed by atoms with Crippen molar-refractivity contribution in [2.75, 3.05) is 6.54 Å². The van der Waals surface area contributed by atoms with Gasteiger partial charge in [-0.3, -0.25) is 4.68 Å². The SMILES string of the molecule is c1cnn(CCN[C@H]2CCc3ncnn3C2)c1. The summed E-state index contributed by atoms with van der Waals surface area (Å²) < 4.78 is 3.94. The zero-order valence-electron chi connectivity index (χ0n) is 9.66. The van der Waals surface area contributed by atoms with Gasteiger partial charge in [0.05, 0.1) is 13.1 Å². The number of hydrogen-bond donors (Lipinski definition) is 1. The molecule has 1 aliphatic rings. The number of fused-ring (bicyclic) bond motifs is 1. The second-order valence-corrected chi connectivity index (χ2v) is 4.32. The van der Waals surface area contributed by atoms with Crippen LogP contribution >= 0.6 is 0 Å². The van der Waals surface area contributed by atoms with Crippen molar-refractivity contribution in [2.45, 2.75) is 32.0 Å². The molecule has 1 atom stereocenters. The number of rotatable bonds is 4. The number of aryl methyl sites for hydroxylation is 1. The number of aromatic nitrogens is 5. The van der Waals surface area contributed by atoms with Gasteiger partial charge in [0, 0.05) is 31.4 Å². The van der Waals surface area contributed by atoms with E-state index in [0.717, 1.165) is 38.3 Å². The Bertz CT molecular complexity index is 460. The van der Waals surface area contributed by atoms with Gasteiger partial charge in [-0.2, -0.15) is 10.2 Å². The summed E-state index contributed by atoms with van der Waals surface area (Å²) in [5, 5.41) is 11.9. The van der Waals surface area contributed by atoms with Crippen molar-refractivity contribution >= 4 is 0 Å². The number of nitrogens with one attached hydrogen (secondary N) is 1. The van der Waals surface area contributed by atoms with E-state index in [2.05, 4.69) is 20.5 Å². The lowest BCUT2D eigenvalue weighted by molar-refractivity contribution is 0.352. The Hall–Kier alpha value is -1.69. The van der Waals surface area contributed by atoms with E-state index >= 15 is 0 Å². The smallest absolute Gasteiger partial charge is 0.138 e. The van der Waals surface area contributed by atoms with Crippen molar-refractivity contribution < 1.29 is 0 Å². The van der Waals surface area contributed by atoms with E-state index in [-0.39, 0.29) is 0 Å². The van der Waals surface area contributed by atoms with E-state index in [4.69, 9.17) is 0 Å². The van der Waals surface area contributed by atoms with Gasteiger partial charge < -0.3 is 5.32 Å². The van der Waals surface area contributed by atoms with Crippen molar-refractivity contribution in [3.63, 3.8) is 0 Å². The fourth-order valence-corrected chi connectivity index (χ4v) is 2.22. The highest BCUT2D eigenvalue weighted by Crippen LogP contribution is 2.10. The molecule has 0 spiro atoms.